The van der Waals surface area contributed by atoms with Crippen LogP contribution in [0.1, 0.15) is 13.3 Å². The Morgan fingerprint density at radius 2 is 1.90 bits per heavy atom. The molecule has 0 aliphatic carbocycles. The Balaban J connectivity index is 2.58. The quantitative estimate of drug-likeness (QED) is 0.563. The van der Waals surface area contributed by atoms with Crippen molar-refractivity contribution in [3.05, 3.63) is 17.2 Å². The molecular weight excluding hydrogens is 312 g/mol. The van der Waals surface area contributed by atoms with E-state index < -0.39 is 0 Å². The molecular formula is C14H21ClN2O3S. The van der Waals surface area contributed by atoms with Gasteiger partial charge in [0.25, 0.3) is 0 Å². The molecule has 0 fully saturated rings. The Labute approximate surface area is 135 Å². The fraction of sp³-hybridized carbons (Fsp3) is 0.500. The molecule has 0 radical (unpaired) electrons. The Morgan fingerprint density at radius 3 is 2.52 bits per heavy atom. The molecule has 5 nitrogen and oxygen atoms in total. The molecule has 0 aliphatic rings. The SMILES string of the molecule is CCCOCCNC(=S)Nc1cc(OC)c(Cl)cc1OC. The van der Waals surface area contributed by atoms with Gasteiger partial charge in [-0.1, -0.05) is 18.5 Å². The largest absolute Gasteiger partial charge is 0.495 e. The van der Waals surface area contributed by atoms with Gasteiger partial charge in [-0.15, -0.1) is 0 Å². The third-order valence-corrected chi connectivity index (χ3v) is 3.14. The zero-order chi connectivity index (χ0) is 15.7. The summed E-state index contributed by atoms with van der Waals surface area (Å²) < 4.78 is 15.8. The molecule has 0 bridgehead atoms. The van der Waals surface area contributed by atoms with Crippen LogP contribution in [0, 0.1) is 0 Å². The van der Waals surface area contributed by atoms with Crippen LogP contribution in [0.25, 0.3) is 0 Å². The highest BCUT2D eigenvalue weighted by molar-refractivity contribution is 7.80. The maximum absolute atomic E-state index is 6.05. The summed E-state index contributed by atoms with van der Waals surface area (Å²) in [6.07, 6.45) is 1.00. The molecule has 21 heavy (non-hydrogen) atoms. The number of nitrogens with one attached hydrogen (secondary N) is 2. The summed E-state index contributed by atoms with van der Waals surface area (Å²) in [5.41, 5.74) is 0.686. The summed E-state index contributed by atoms with van der Waals surface area (Å²) in [7, 11) is 3.12. The number of halogens is 1. The summed E-state index contributed by atoms with van der Waals surface area (Å²) in [6, 6.07) is 3.42. The van der Waals surface area contributed by atoms with Crippen LogP contribution in [0.15, 0.2) is 12.1 Å². The number of benzene rings is 1. The summed E-state index contributed by atoms with van der Waals surface area (Å²) in [6.45, 7) is 4.07. The minimum absolute atomic E-state index is 0.478. The van der Waals surface area contributed by atoms with Crippen molar-refractivity contribution in [3.63, 3.8) is 0 Å². The van der Waals surface area contributed by atoms with Gasteiger partial charge in [0.15, 0.2) is 5.11 Å². The first-order chi connectivity index (χ1) is 10.1. The van der Waals surface area contributed by atoms with Crippen molar-refractivity contribution >= 4 is 34.6 Å². The van der Waals surface area contributed by atoms with Gasteiger partial charge in [0.05, 0.1) is 31.5 Å². The molecule has 2 N–H and O–H groups in total. The van der Waals surface area contributed by atoms with E-state index >= 15 is 0 Å². The molecule has 0 saturated heterocycles. The van der Waals surface area contributed by atoms with Crippen molar-refractivity contribution in [2.45, 2.75) is 13.3 Å². The maximum atomic E-state index is 6.05. The van der Waals surface area contributed by atoms with Crippen LogP contribution in [0.3, 0.4) is 0 Å². The van der Waals surface area contributed by atoms with E-state index in [-0.39, 0.29) is 0 Å². The van der Waals surface area contributed by atoms with Crippen LogP contribution in [0.2, 0.25) is 5.02 Å². The van der Waals surface area contributed by atoms with E-state index in [9.17, 15) is 0 Å². The molecule has 7 heteroatoms. The van der Waals surface area contributed by atoms with Crippen molar-refractivity contribution in [3.8, 4) is 11.5 Å². The molecule has 1 rings (SSSR count). The lowest BCUT2D eigenvalue weighted by atomic mass is 10.2. The number of ether oxygens (including phenoxy) is 3. The standard InChI is InChI=1S/C14H21ClN2O3S/c1-4-6-20-7-5-16-14(21)17-11-9-12(18-2)10(15)8-13(11)19-3/h8-9H,4-7H2,1-3H3,(H2,16,17,21). The fourth-order valence-corrected chi connectivity index (χ4v) is 2.05. The van der Waals surface area contributed by atoms with Crippen LogP contribution >= 0.6 is 23.8 Å². The highest BCUT2D eigenvalue weighted by Gasteiger charge is 2.10. The number of hydrogen-bond donors (Lipinski definition) is 2. The Kier molecular flexibility index (Phi) is 8.19. The second-order valence-electron chi connectivity index (χ2n) is 4.18. The maximum Gasteiger partial charge on any atom is 0.170 e. The minimum atomic E-state index is 0.478. The Bertz CT molecular complexity index is 472. The van der Waals surface area contributed by atoms with Gasteiger partial charge in [-0.3, -0.25) is 0 Å². The van der Waals surface area contributed by atoms with Gasteiger partial charge in [-0.2, -0.15) is 0 Å². The third-order valence-electron chi connectivity index (χ3n) is 2.60. The van der Waals surface area contributed by atoms with Crippen molar-refractivity contribution in [1.29, 1.82) is 0 Å². The van der Waals surface area contributed by atoms with Crippen LogP contribution < -0.4 is 20.1 Å². The van der Waals surface area contributed by atoms with E-state index in [2.05, 4.69) is 17.6 Å². The van der Waals surface area contributed by atoms with Gasteiger partial charge >= 0.3 is 0 Å². The predicted octanol–water partition coefficient (Wildman–Crippen LogP) is 3.07. The van der Waals surface area contributed by atoms with Gasteiger partial charge < -0.3 is 24.8 Å². The molecule has 0 amide bonds. The van der Waals surface area contributed by atoms with Crippen LogP contribution in [0.4, 0.5) is 5.69 Å². The van der Waals surface area contributed by atoms with E-state index in [0.717, 1.165) is 13.0 Å². The number of rotatable bonds is 8. The first-order valence-electron chi connectivity index (χ1n) is 6.66. The first-order valence-corrected chi connectivity index (χ1v) is 7.45. The zero-order valence-electron chi connectivity index (χ0n) is 12.5. The molecule has 1 aromatic rings. The molecule has 1 aromatic carbocycles. The average molecular weight is 333 g/mol. The topological polar surface area (TPSA) is 51.8 Å². The van der Waals surface area contributed by atoms with Crippen molar-refractivity contribution in [2.24, 2.45) is 0 Å². The van der Waals surface area contributed by atoms with Crippen molar-refractivity contribution < 1.29 is 14.2 Å². The van der Waals surface area contributed by atoms with E-state index in [1.807, 2.05) is 0 Å². The molecule has 0 aromatic heterocycles. The second-order valence-corrected chi connectivity index (χ2v) is 5.00. The summed E-state index contributed by atoms with van der Waals surface area (Å²) in [4.78, 5) is 0. The molecule has 118 valence electrons. The third kappa shape index (κ3) is 5.95. The zero-order valence-corrected chi connectivity index (χ0v) is 14.1. The monoisotopic (exact) mass is 332 g/mol. The minimum Gasteiger partial charge on any atom is -0.495 e. The number of methoxy groups -OCH3 is 2. The van der Waals surface area contributed by atoms with Crippen LogP contribution in [0.5, 0.6) is 11.5 Å². The molecule has 0 aliphatic heterocycles. The van der Waals surface area contributed by atoms with E-state index in [0.29, 0.717) is 40.5 Å². The van der Waals surface area contributed by atoms with Crippen LogP contribution in [-0.4, -0.2) is 39.1 Å². The second kappa shape index (κ2) is 9.65. The Morgan fingerprint density at radius 1 is 1.19 bits per heavy atom. The fourth-order valence-electron chi connectivity index (χ4n) is 1.61. The van der Waals surface area contributed by atoms with Gasteiger partial charge in [0.1, 0.15) is 11.5 Å². The lowest BCUT2D eigenvalue weighted by Crippen LogP contribution is -2.31. The highest BCUT2D eigenvalue weighted by Crippen LogP contribution is 2.35. The summed E-state index contributed by atoms with van der Waals surface area (Å²) in [5, 5.41) is 7.08. The lowest BCUT2D eigenvalue weighted by Gasteiger charge is -2.15. The van der Waals surface area contributed by atoms with Gasteiger partial charge in [0.2, 0.25) is 0 Å². The van der Waals surface area contributed by atoms with E-state index in [4.69, 9.17) is 38.0 Å². The highest BCUT2D eigenvalue weighted by atomic mass is 35.5. The van der Waals surface area contributed by atoms with Gasteiger partial charge in [-0.25, -0.2) is 0 Å². The molecule has 0 heterocycles. The molecule has 0 spiro atoms. The average Bonchev–Trinajstić information content (AvgIpc) is 2.48. The molecule has 0 saturated carbocycles. The van der Waals surface area contributed by atoms with E-state index in [1.165, 1.54) is 0 Å². The van der Waals surface area contributed by atoms with Gasteiger partial charge in [0, 0.05) is 25.3 Å². The molecule has 0 atom stereocenters. The van der Waals surface area contributed by atoms with Crippen molar-refractivity contribution in [1.82, 2.24) is 5.32 Å². The molecule has 0 unspecified atom stereocenters. The lowest BCUT2D eigenvalue weighted by molar-refractivity contribution is 0.139. The van der Waals surface area contributed by atoms with Gasteiger partial charge in [-0.05, 0) is 18.6 Å². The normalized spacial score (nSPS) is 10.1. The first kappa shape index (κ1) is 17.8. The predicted molar refractivity (Wildman–Crippen MR) is 89.9 cm³/mol. The summed E-state index contributed by atoms with van der Waals surface area (Å²) >= 11 is 11.3. The number of hydrogen-bond acceptors (Lipinski definition) is 4. The summed E-state index contributed by atoms with van der Waals surface area (Å²) in [5.74, 6) is 1.14. The van der Waals surface area contributed by atoms with Crippen molar-refractivity contribution in [2.75, 3.05) is 39.3 Å². The smallest absolute Gasteiger partial charge is 0.170 e. The Hall–Kier alpha value is -1.24. The number of anilines is 1. The number of thiocarbonyl (C=S) groups is 1. The van der Waals surface area contributed by atoms with Crippen LogP contribution in [-0.2, 0) is 4.74 Å². The van der Waals surface area contributed by atoms with E-state index in [1.54, 1.807) is 26.4 Å².